The first kappa shape index (κ1) is 29.9. The Labute approximate surface area is 252 Å². The molecule has 3 fully saturated rings. The van der Waals surface area contributed by atoms with Gasteiger partial charge in [0.1, 0.15) is 17.0 Å². The van der Waals surface area contributed by atoms with E-state index in [0.29, 0.717) is 28.6 Å². The van der Waals surface area contributed by atoms with Crippen LogP contribution in [-0.2, 0) is 10.0 Å². The summed E-state index contributed by atoms with van der Waals surface area (Å²) in [6, 6.07) is 4.63. The number of sulfonamides is 1. The van der Waals surface area contributed by atoms with Crippen molar-refractivity contribution in [3.63, 3.8) is 0 Å². The van der Waals surface area contributed by atoms with Crippen LogP contribution in [-0.4, -0.2) is 64.8 Å². The quantitative estimate of drug-likeness (QED) is 0.340. The van der Waals surface area contributed by atoms with Crippen LogP contribution in [0.25, 0.3) is 22.4 Å². The van der Waals surface area contributed by atoms with Crippen molar-refractivity contribution in [1.29, 1.82) is 0 Å². The van der Waals surface area contributed by atoms with Gasteiger partial charge in [0.15, 0.2) is 5.65 Å². The molecule has 1 aromatic carbocycles. The zero-order valence-corrected chi connectivity index (χ0v) is 26.3. The summed E-state index contributed by atoms with van der Waals surface area (Å²) in [5, 5.41) is 3.44. The second kappa shape index (κ2) is 11.4. The van der Waals surface area contributed by atoms with Gasteiger partial charge in [0.05, 0.1) is 17.6 Å². The van der Waals surface area contributed by atoms with Crippen LogP contribution >= 0.6 is 0 Å². The number of hydrogen-bond acceptors (Lipinski definition) is 8. The zero-order chi connectivity index (χ0) is 30.5. The second-order valence-electron chi connectivity index (χ2n) is 13.5. The molecule has 10 nitrogen and oxygen atoms in total. The SMILES string of the molecule is CC(C)n1c(=O)c(-c2ccc(NS(=O)(=O)CC3CC4(CCC4)C3)c(F)c2)nc2cnc(NC3CCC(N(C)C)CC3)nc21. The lowest BCUT2D eigenvalue weighted by Gasteiger charge is -2.54. The van der Waals surface area contributed by atoms with E-state index < -0.39 is 21.4 Å². The van der Waals surface area contributed by atoms with E-state index in [1.165, 1.54) is 31.4 Å². The Kier molecular flexibility index (Phi) is 7.95. The molecule has 6 rings (SSSR count). The monoisotopic (exact) mass is 611 g/mol. The molecule has 0 atom stereocenters. The Bertz CT molecular complexity index is 1670. The molecule has 2 aromatic heterocycles. The summed E-state index contributed by atoms with van der Waals surface area (Å²) < 4.78 is 44.8. The van der Waals surface area contributed by atoms with Crippen LogP contribution in [0.3, 0.4) is 0 Å². The van der Waals surface area contributed by atoms with E-state index in [2.05, 4.69) is 44.0 Å². The minimum absolute atomic E-state index is 0.00450. The highest BCUT2D eigenvalue weighted by Gasteiger charge is 2.49. The minimum atomic E-state index is -3.70. The number of aromatic nitrogens is 4. The predicted molar refractivity (Wildman–Crippen MR) is 167 cm³/mol. The molecule has 1 spiro atoms. The minimum Gasteiger partial charge on any atom is -0.351 e. The second-order valence-corrected chi connectivity index (χ2v) is 15.2. The van der Waals surface area contributed by atoms with E-state index in [1.54, 1.807) is 10.8 Å². The van der Waals surface area contributed by atoms with Crippen LogP contribution < -0.4 is 15.6 Å². The summed E-state index contributed by atoms with van der Waals surface area (Å²) in [6.07, 6.45) is 11.3. The van der Waals surface area contributed by atoms with Crippen LogP contribution in [0.2, 0.25) is 0 Å². The van der Waals surface area contributed by atoms with Gasteiger partial charge >= 0.3 is 0 Å². The van der Waals surface area contributed by atoms with Crippen molar-refractivity contribution in [2.75, 3.05) is 29.9 Å². The number of fused-ring (bicyclic) bond motifs is 1. The maximum atomic E-state index is 15.2. The molecule has 0 radical (unpaired) electrons. The topological polar surface area (TPSA) is 122 Å². The van der Waals surface area contributed by atoms with Gasteiger partial charge < -0.3 is 10.2 Å². The maximum Gasteiger partial charge on any atom is 0.278 e. The Morgan fingerprint density at radius 2 is 1.84 bits per heavy atom. The van der Waals surface area contributed by atoms with Crippen molar-refractivity contribution >= 4 is 32.8 Å². The molecule has 0 saturated heterocycles. The lowest BCUT2D eigenvalue weighted by molar-refractivity contribution is -0.0146. The average molecular weight is 612 g/mol. The molecule has 0 bridgehead atoms. The van der Waals surface area contributed by atoms with E-state index in [4.69, 9.17) is 0 Å². The summed E-state index contributed by atoms with van der Waals surface area (Å²) in [5.41, 5.74) is 0.977. The number of nitrogens with zero attached hydrogens (tertiary/aromatic N) is 5. The fraction of sp³-hybridized carbons (Fsp3) is 0.613. The zero-order valence-electron chi connectivity index (χ0n) is 25.4. The van der Waals surface area contributed by atoms with Crippen molar-refractivity contribution < 1.29 is 12.8 Å². The highest BCUT2D eigenvalue weighted by molar-refractivity contribution is 7.92. The van der Waals surface area contributed by atoms with Gasteiger partial charge in [-0.25, -0.2) is 22.8 Å². The van der Waals surface area contributed by atoms with Crippen molar-refractivity contribution in [2.45, 2.75) is 89.8 Å². The van der Waals surface area contributed by atoms with Crippen molar-refractivity contribution in [3.05, 3.63) is 40.6 Å². The first-order chi connectivity index (χ1) is 20.4. The Balaban J connectivity index is 1.21. The Morgan fingerprint density at radius 3 is 2.44 bits per heavy atom. The molecule has 0 aliphatic heterocycles. The van der Waals surface area contributed by atoms with Crippen LogP contribution in [0.15, 0.2) is 29.2 Å². The van der Waals surface area contributed by atoms with Crippen LogP contribution in [0.4, 0.5) is 16.0 Å². The third kappa shape index (κ3) is 6.13. The Hall–Kier alpha value is -3.12. The molecule has 12 heteroatoms. The van der Waals surface area contributed by atoms with Crippen LogP contribution in [0, 0.1) is 17.2 Å². The largest absolute Gasteiger partial charge is 0.351 e. The number of benzene rings is 1. The number of rotatable bonds is 9. The summed E-state index contributed by atoms with van der Waals surface area (Å²) in [7, 11) is 0.523. The number of anilines is 2. The molecule has 0 unspecified atom stereocenters. The highest BCUT2D eigenvalue weighted by Crippen LogP contribution is 2.58. The van der Waals surface area contributed by atoms with Crippen LogP contribution in [0.1, 0.15) is 77.7 Å². The maximum absolute atomic E-state index is 15.2. The van der Waals surface area contributed by atoms with E-state index in [1.807, 2.05) is 13.8 Å². The smallest absolute Gasteiger partial charge is 0.278 e. The number of halogens is 1. The molecule has 0 amide bonds. The standard InChI is InChI=1S/C31H42FN7O3S/c1-19(2)39-28-26(17-33-30(36-28)34-22-7-9-23(10-8-22)38(3)4)35-27(29(39)40)21-6-11-25(24(32)14-21)37-43(41,42)18-20-15-31(16-20)12-5-13-31/h6,11,14,17,19-20,22-23,37H,5,7-10,12-13,15-16,18H2,1-4H3,(H,33,34,36). The van der Waals surface area contributed by atoms with Crippen molar-refractivity contribution in [2.24, 2.45) is 11.3 Å². The van der Waals surface area contributed by atoms with Gasteiger partial charge in [-0.1, -0.05) is 12.5 Å². The first-order valence-corrected chi connectivity index (χ1v) is 17.1. The van der Waals surface area contributed by atoms with Gasteiger partial charge in [0.25, 0.3) is 5.56 Å². The highest BCUT2D eigenvalue weighted by atomic mass is 32.2. The molecular weight excluding hydrogens is 569 g/mol. The fourth-order valence-corrected chi connectivity index (χ4v) is 8.73. The van der Waals surface area contributed by atoms with Gasteiger partial charge in [-0.3, -0.25) is 14.1 Å². The van der Waals surface area contributed by atoms with E-state index in [9.17, 15) is 13.2 Å². The normalized spacial score (nSPS) is 22.1. The van der Waals surface area contributed by atoms with E-state index >= 15 is 4.39 Å². The molecular formula is C31H42FN7O3S. The number of nitrogens with one attached hydrogen (secondary N) is 2. The molecule has 2 heterocycles. The summed E-state index contributed by atoms with van der Waals surface area (Å²) in [4.78, 5) is 29.6. The number of hydrogen-bond donors (Lipinski definition) is 2. The molecule has 43 heavy (non-hydrogen) atoms. The Morgan fingerprint density at radius 1 is 1.12 bits per heavy atom. The van der Waals surface area contributed by atoms with Crippen molar-refractivity contribution in [3.8, 4) is 11.3 Å². The summed E-state index contributed by atoms with van der Waals surface area (Å²) >= 11 is 0. The lowest BCUT2D eigenvalue weighted by atomic mass is 9.52. The summed E-state index contributed by atoms with van der Waals surface area (Å²) in [6.45, 7) is 3.77. The van der Waals surface area contributed by atoms with Crippen molar-refractivity contribution in [1.82, 2.24) is 24.4 Å². The lowest BCUT2D eigenvalue weighted by Crippen LogP contribution is -2.45. The van der Waals surface area contributed by atoms with Gasteiger partial charge in [-0.15, -0.1) is 0 Å². The third-order valence-electron chi connectivity index (χ3n) is 9.73. The molecule has 3 aromatic rings. The third-order valence-corrected chi connectivity index (χ3v) is 11.2. The first-order valence-electron chi connectivity index (χ1n) is 15.4. The fourth-order valence-electron chi connectivity index (χ4n) is 7.29. The summed E-state index contributed by atoms with van der Waals surface area (Å²) in [5.74, 6) is -0.193. The average Bonchev–Trinajstić information content (AvgIpc) is 2.90. The molecule has 2 N–H and O–H groups in total. The predicted octanol–water partition coefficient (Wildman–Crippen LogP) is 5.18. The molecule has 3 aliphatic rings. The van der Waals surface area contributed by atoms with Crippen LogP contribution in [0.5, 0.6) is 0 Å². The van der Waals surface area contributed by atoms with E-state index in [-0.39, 0.29) is 40.7 Å². The molecule has 232 valence electrons. The van der Waals surface area contributed by atoms with Gasteiger partial charge in [-0.2, -0.15) is 4.98 Å². The molecule has 3 aliphatic carbocycles. The van der Waals surface area contributed by atoms with Gasteiger partial charge in [0, 0.05) is 23.7 Å². The van der Waals surface area contributed by atoms with Gasteiger partial charge in [-0.05, 0) is 103 Å². The van der Waals surface area contributed by atoms with E-state index in [0.717, 1.165) is 44.6 Å². The molecule has 3 saturated carbocycles. The van der Waals surface area contributed by atoms with Gasteiger partial charge in [0.2, 0.25) is 16.0 Å².